The summed E-state index contributed by atoms with van der Waals surface area (Å²) in [5.41, 5.74) is 0.917. The first-order chi connectivity index (χ1) is 16.4. The highest BCUT2D eigenvalue weighted by molar-refractivity contribution is 6.00. The fourth-order valence-electron chi connectivity index (χ4n) is 4.72. The molecule has 10 nitrogen and oxygen atoms in total. The number of nitrogens with zero attached hydrogens (tertiary/aromatic N) is 4. The third-order valence-electron chi connectivity index (χ3n) is 6.92. The summed E-state index contributed by atoms with van der Waals surface area (Å²) in [6.45, 7) is 2.10. The molecule has 2 aliphatic carbocycles. The van der Waals surface area contributed by atoms with E-state index in [2.05, 4.69) is 33.0 Å². The lowest BCUT2D eigenvalue weighted by atomic mass is 9.83. The van der Waals surface area contributed by atoms with Crippen molar-refractivity contribution in [3.8, 4) is 0 Å². The number of rotatable bonds is 7. The number of carbonyl (C=O) groups excluding carboxylic acids is 1. The van der Waals surface area contributed by atoms with Crippen LogP contribution in [0, 0.1) is 0 Å². The molecule has 0 radical (unpaired) electrons. The van der Waals surface area contributed by atoms with Gasteiger partial charge in [0.15, 0.2) is 5.65 Å². The van der Waals surface area contributed by atoms with E-state index in [1.165, 1.54) is 6.20 Å². The minimum Gasteiger partial charge on any atom is -0.378 e. The molecule has 0 bridgehead atoms. The zero-order chi connectivity index (χ0) is 23.9. The maximum atomic E-state index is 13.4. The molecular weight excluding hydrogens is 434 g/mol. The predicted molar refractivity (Wildman–Crippen MR) is 130 cm³/mol. The van der Waals surface area contributed by atoms with Crippen LogP contribution in [0.25, 0.3) is 5.65 Å². The molecule has 2 aliphatic rings. The maximum absolute atomic E-state index is 13.4. The molecule has 2 atom stereocenters. The smallest absolute Gasteiger partial charge is 0.274 e. The number of methoxy groups -OCH3 is 1. The van der Waals surface area contributed by atoms with E-state index >= 15 is 0 Å². The van der Waals surface area contributed by atoms with Gasteiger partial charge in [-0.05, 0) is 57.6 Å². The number of pyridine rings is 1. The SMILES string of the molecule is CNc1cc(Nc2cccn(C3CCCC(C)(OC)C3)c2=O)nc2c(C(=O)NC3CC3)cnn12. The number of hydrogen-bond acceptors (Lipinski definition) is 7. The fourth-order valence-corrected chi connectivity index (χ4v) is 4.72. The van der Waals surface area contributed by atoms with Crippen LogP contribution in [0.3, 0.4) is 0 Å². The Labute approximate surface area is 197 Å². The number of carbonyl (C=O) groups is 1. The average molecular weight is 466 g/mol. The van der Waals surface area contributed by atoms with Crippen molar-refractivity contribution < 1.29 is 9.53 Å². The molecule has 2 unspecified atom stereocenters. The molecule has 0 aliphatic heterocycles. The molecular formula is C24H31N7O3. The topological polar surface area (TPSA) is 115 Å². The quantitative estimate of drug-likeness (QED) is 0.491. The Hall–Kier alpha value is -3.40. The van der Waals surface area contributed by atoms with Crippen LogP contribution in [0.1, 0.15) is 61.8 Å². The van der Waals surface area contributed by atoms with E-state index in [-0.39, 0.29) is 29.2 Å². The standard InChI is InChI=1S/C24H31N7O3/c1-24(34-3)10-4-6-16(13-24)30-11-5-7-18(23(30)33)28-19-12-20(25-2)31-21(29-19)17(14-26-31)22(32)27-15-8-9-15/h5,7,11-12,14-16,25H,4,6,8-10,13H2,1-3H3,(H,27,32)(H,28,29). The highest BCUT2D eigenvalue weighted by Crippen LogP contribution is 2.36. The maximum Gasteiger partial charge on any atom is 0.274 e. The third-order valence-corrected chi connectivity index (χ3v) is 6.92. The molecule has 3 heterocycles. The normalized spacial score (nSPS) is 22.5. The first-order valence-electron chi connectivity index (χ1n) is 11.8. The van der Waals surface area contributed by atoms with E-state index in [4.69, 9.17) is 4.74 Å². The van der Waals surface area contributed by atoms with Gasteiger partial charge in [-0.25, -0.2) is 4.98 Å². The lowest BCUT2D eigenvalue weighted by molar-refractivity contribution is -0.0375. The van der Waals surface area contributed by atoms with Crippen LogP contribution >= 0.6 is 0 Å². The number of anilines is 3. The second-order valence-corrected chi connectivity index (χ2v) is 9.48. The molecule has 34 heavy (non-hydrogen) atoms. The monoisotopic (exact) mass is 465 g/mol. The lowest BCUT2D eigenvalue weighted by Gasteiger charge is -2.37. The van der Waals surface area contributed by atoms with Crippen LogP contribution in [0.5, 0.6) is 0 Å². The van der Waals surface area contributed by atoms with Crippen molar-refractivity contribution in [2.24, 2.45) is 0 Å². The molecule has 0 spiro atoms. The number of ether oxygens (including phenoxy) is 1. The summed E-state index contributed by atoms with van der Waals surface area (Å²) in [5.74, 6) is 0.917. The van der Waals surface area contributed by atoms with Crippen molar-refractivity contribution in [2.75, 3.05) is 24.8 Å². The Morgan fingerprint density at radius 1 is 1.29 bits per heavy atom. The van der Waals surface area contributed by atoms with Crippen LogP contribution in [-0.4, -0.2) is 50.9 Å². The minimum absolute atomic E-state index is 0.0730. The summed E-state index contributed by atoms with van der Waals surface area (Å²) >= 11 is 0. The largest absolute Gasteiger partial charge is 0.378 e. The van der Waals surface area contributed by atoms with Gasteiger partial charge in [0.25, 0.3) is 11.5 Å². The van der Waals surface area contributed by atoms with E-state index in [0.717, 1.165) is 38.5 Å². The van der Waals surface area contributed by atoms with Crippen molar-refractivity contribution >= 4 is 28.9 Å². The van der Waals surface area contributed by atoms with Crippen molar-refractivity contribution in [2.45, 2.75) is 63.1 Å². The number of aromatic nitrogens is 4. The molecule has 5 rings (SSSR count). The molecule has 180 valence electrons. The van der Waals surface area contributed by atoms with Crippen LogP contribution in [0.15, 0.2) is 35.4 Å². The van der Waals surface area contributed by atoms with Gasteiger partial charge in [0.1, 0.15) is 22.9 Å². The summed E-state index contributed by atoms with van der Waals surface area (Å²) < 4.78 is 9.11. The zero-order valence-electron chi connectivity index (χ0n) is 19.8. The Morgan fingerprint density at radius 2 is 2.12 bits per heavy atom. The number of hydrogen-bond donors (Lipinski definition) is 3. The molecule has 1 amide bonds. The van der Waals surface area contributed by atoms with Gasteiger partial charge in [-0.2, -0.15) is 9.61 Å². The molecule has 0 saturated heterocycles. The first kappa shape index (κ1) is 22.4. The highest BCUT2D eigenvalue weighted by Gasteiger charge is 2.33. The summed E-state index contributed by atoms with van der Waals surface area (Å²) in [4.78, 5) is 30.7. The van der Waals surface area contributed by atoms with Gasteiger partial charge < -0.3 is 25.3 Å². The van der Waals surface area contributed by atoms with Crippen molar-refractivity contribution in [3.63, 3.8) is 0 Å². The van der Waals surface area contributed by atoms with Gasteiger partial charge in [0.2, 0.25) is 0 Å². The van der Waals surface area contributed by atoms with Crippen molar-refractivity contribution in [1.82, 2.24) is 24.5 Å². The highest BCUT2D eigenvalue weighted by atomic mass is 16.5. The average Bonchev–Trinajstić information content (AvgIpc) is 3.55. The van der Waals surface area contributed by atoms with Crippen molar-refractivity contribution in [1.29, 1.82) is 0 Å². The molecule has 2 saturated carbocycles. The Kier molecular flexibility index (Phi) is 5.76. The molecule has 3 aromatic heterocycles. The van der Waals surface area contributed by atoms with E-state index in [0.29, 0.717) is 28.5 Å². The fraction of sp³-hybridized carbons (Fsp3) is 0.500. The number of fused-ring (bicyclic) bond motifs is 1. The second kappa shape index (κ2) is 8.75. The Morgan fingerprint density at radius 3 is 2.85 bits per heavy atom. The zero-order valence-corrected chi connectivity index (χ0v) is 19.8. The van der Waals surface area contributed by atoms with Crippen molar-refractivity contribution in [3.05, 3.63) is 46.5 Å². The lowest BCUT2D eigenvalue weighted by Crippen LogP contribution is -2.38. The van der Waals surface area contributed by atoms with Gasteiger partial charge in [-0.1, -0.05) is 0 Å². The summed E-state index contributed by atoms with van der Waals surface area (Å²) in [6.07, 6.45) is 9.08. The van der Waals surface area contributed by atoms with E-state index in [9.17, 15) is 9.59 Å². The van der Waals surface area contributed by atoms with E-state index in [1.54, 1.807) is 35.4 Å². The summed E-state index contributed by atoms with van der Waals surface area (Å²) in [6, 6.07) is 5.69. The predicted octanol–water partition coefficient (Wildman–Crippen LogP) is 3.09. The summed E-state index contributed by atoms with van der Waals surface area (Å²) in [7, 11) is 3.51. The molecule has 3 aromatic rings. The molecule has 0 aromatic carbocycles. The van der Waals surface area contributed by atoms with Crippen LogP contribution in [0.2, 0.25) is 0 Å². The number of nitrogens with one attached hydrogen (secondary N) is 3. The minimum atomic E-state index is -0.223. The summed E-state index contributed by atoms with van der Waals surface area (Å²) in [5, 5.41) is 13.6. The molecule has 10 heteroatoms. The number of amides is 1. The van der Waals surface area contributed by atoms with E-state index < -0.39 is 0 Å². The van der Waals surface area contributed by atoms with Crippen LogP contribution in [0.4, 0.5) is 17.3 Å². The second-order valence-electron chi connectivity index (χ2n) is 9.48. The van der Waals surface area contributed by atoms with Gasteiger partial charge in [0, 0.05) is 38.5 Å². The molecule has 2 fully saturated rings. The van der Waals surface area contributed by atoms with Gasteiger partial charge in [-0.15, -0.1) is 0 Å². The first-order valence-corrected chi connectivity index (χ1v) is 11.8. The van der Waals surface area contributed by atoms with Crippen LogP contribution < -0.4 is 21.5 Å². The van der Waals surface area contributed by atoms with E-state index in [1.807, 2.05) is 12.3 Å². The van der Waals surface area contributed by atoms with Gasteiger partial charge in [0.05, 0.1) is 11.8 Å². The van der Waals surface area contributed by atoms with Crippen LogP contribution in [-0.2, 0) is 4.74 Å². The molecule has 3 N–H and O–H groups in total. The van der Waals surface area contributed by atoms with Gasteiger partial charge >= 0.3 is 0 Å². The Balaban J connectivity index is 1.46. The third kappa shape index (κ3) is 4.25. The Bertz CT molecular complexity index is 1280. The van der Waals surface area contributed by atoms with Gasteiger partial charge in [-0.3, -0.25) is 9.59 Å².